The predicted molar refractivity (Wildman–Crippen MR) is 54.8 cm³/mol. The summed E-state index contributed by atoms with van der Waals surface area (Å²) in [5.74, 6) is 0. The highest BCUT2D eigenvalue weighted by Crippen LogP contribution is 2.18. The van der Waals surface area contributed by atoms with Crippen LogP contribution in [0.3, 0.4) is 0 Å². The van der Waals surface area contributed by atoms with Crippen LogP contribution in [0, 0.1) is 0 Å². The molecule has 1 unspecified atom stereocenters. The number of aliphatic hydroxyl groups excluding tert-OH is 1. The van der Waals surface area contributed by atoms with Crippen LogP contribution in [-0.4, -0.2) is 48.3 Å². The van der Waals surface area contributed by atoms with Crippen LogP contribution in [0.5, 0.6) is 0 Å². The predicted octanol–water partition coefficient (Wildman–Crippen LogP) is 0.441. The van der Waals surface area contributed by atoms with Gasteiger partial charge in [0, 0.05) is 18.1 Å². The Labute approximate surface area is 81.1 Å². The van der Waals surface area contributed by atoms with E-state index in [1.165, 1.54) is 12.8 Å². The molecule has 2 N–H and O–H groups in total. The van der Waals surface area contributed by atoms with E-state index < -0.39 is 0 Å². The Balaban J connectivity index is 2.49. The van der Waals surface area contributed by atoms with Crippen molar-refractivity contribution in [3.05, 3.63) is 0 Å². The first-order valence-corrected chi connectivity index (χ1v) is 5.12. The van der Waals surface area contributed by atoms with Gasteiger partial charge in [-0.1, -0.05) is 0 Å². The molecule has 1 aliphatic heterocycles. The fraction of sp³-hybridized carbons (Fsp3) is 1.00. The van der Waals surface area contributed by atoms with Crippen molar-refractivity contribution in [1.82, 2.24) is 10.2 Å². The standard InChI is InChI=1S/C10H22N2O/c1-10(2,8-13)12(3)9-5-4-6-11-7-9/h9,11,13H,4-8H2,1-3H3. The lowest BCUT2D eigenvalue weighted by Crippen LogP contribution is -2.54. The number of hydrogen-bond donors (Lipinski definition) is 2. The van der Waals surface area contributed by atoms with Gasteiger partial charge in [-0.2, -0.15) is 0 Å². The number of piperidine rings is 1. The van der Waals surface area contributed by atoms with E-state index in [2.05, 4.69) is 31.1 Å². The second kappa shape index (κ2) is 4.40. The van der Waals surface area contributed by atoms with Gasteiger partial charge in [0.2, 0.25) is 0 Å². The molecular formula is C10H22N2O. The van der Waals surface area contributed by atoms with E-state index in [1.807, 2.05) is 0 Å². The summed E-state index contributed by atoms with van der Waals surface area (Å²) in [4.78, 5) is 2.29. The van der Waals surface area contributed by atoms with Crippen molar-refractivity contribution in [2.45, 2.75) is 38.3 Å². The Morgan fingerprint density at radius 1 is 1.54 bits per heavy atom. The number of rotatable bonds is 3. The van der Waals surface area contributed by atoms with Gasteiger partial charge < -0.3 is 10.4 Å². The van der Waals surface area contributed by atoms with Crippen LogP contribution in [0.4, 0.5) is 0 Å². The third-order valence-electron chi connectivity index (χ3n) is 3.16. The Morgan fingerprint density at radius 2 is 2.23 bits per heavy atom. The molecule has 0 aromatic heterocycles. The summed E-state index contributed by atoms with van der Waals surface area (Å²) in [5, 5.41) is 12.6. The minimum absolute atomic E-state index is 0.0936. The maximum Gasteiger partial charge on any atom is 0.0610 e. The monoisotopic (exact) mass is 186 g/mol. The minimum atomic E-state index is -0.0936. The van der Waals surface area contributed by atoms with Gasteiger partial charge in [-0.3, -0.25) is 4.90 Å². The van der Waals surface area contributed by atoms with Crippen molar-refractivity contribution in [2.75, 3.05) is 26.7 Å². The van der Waals surface area contributed by atoms with Gasteiger partial charge >= 0.3 is 0 Å². The quantitative estimate of drug-likeness (QED) is 0.671. The molecule has 1 heterocycles. The molecule has 1 atom stereocenters. The largest absolute Gasteiger partial charge is 0.394 e. The van der Waals surface area contributed by atoms with E-state index in [-0.39, 0.29) is 12.1 Å². The molecule has 0 spiro atoms. The maximum absolute atomic E-state index is 9.23. The molecule has 1 rings (SSSR count). The summed E-state index contributed by atoms with van der Waals surface area (Å²) in [6.07, 6.45) is 2.49. The number of aliphatic hydroxyl groups is 1. The van der Waals surface area contributed by atoms with Crippen molar-refractivity contribution in [3.63, 3.8) is 0 Å². The number of nitrogens with zero attached hydrogens (tertiary/aromatic N) is 1. The molecule has 13 heavy (non-hydrogen) atoms. The summed E-state index contributed by atoms with van der Waals surface area (Å²) in [6.45, 7) is 6.59. The van der Waals surface area contributed by atoms with E-state index in [1.54, 1.807) is 0 Å². The Hall–Kier alpha value is -0.120. The molecule has 1 aliphatic rings. The zero-order chi connectivity index (χ0) is 9.90. The van der Waals surface area contributed by atoms with Gasteiger partial charge in [-0.25, -0.2) is 0 Å². The highest BCUT2D eigenvalue weighted by Gasteiger charge is 2.29. The van der Waals surface area contributed by atoms with Crippen LogP contribution in [0.15, 0.2) is 0 Å². The number of hydrogen-bond acceptors (Lipinski definition) is 3. The first-order valence-electron chi connectivity index (χ1n) is 5.12. The zero-order valence-electron chi connectivity index (χ0n) is 9.01. The smallest absolute Gasteiger partial charge is 0.0610 e. The molecule has 0 bridgehead atoms. The number of nitrogens with one attached hydrogen (secondary N) is 1. The zero-order valence-corrected chi connectivity index (χ0v) is 9.01. The Kier molecular flexibility index (Phi) is 3.71. The van der Waals surface area contributed by atoms with Gasteiger partial charge in [0.1, 0.15) is 0 Å². The summed E-state index contributed by atoms with van der Waals surface area (Å²) in [7, 11) is 2.11. The van der Waals surface area contributed by atoms with Crippen LogP contribution < -0.4 is 5.32 Å². The van der Waals surface area contributed by atoms with Crippen LogP contribution >= 0.6 is 0 Å². The molecule has 3 nitrogen and oxygen atoms in total. The third kappa shape index (κ3) is 2.66. The van der Waals surface area contributed by atoms with E-state index >= 15 is 0 Å². The van der Waals surface area contributed by atoms with Crippen molar-refractivity contribution in [1.29, 1.82) is 0 Å². The molecule has 0 aromatic rings. The third-order valence-corrected chi connectivity index (χ3v) is 3.16. The average Bonchev–Trinajstić information content (AvgIpc) is 2.18. The fourth-order valence-corrected chi connectivity index (χ4v) is 1.77. The highest BCUT2D eigenvalue weighted by molar-refractivity contribution is 4.86. The highest BCUT2D eigenvalue weighted by atomic mass is 16.3. The van der Waals surface area contributed by atoms with E-state index in [9.17, 15) is 5.11 Å². The Bertz CT molecular complexity index is 153. The van der Waals surface area contributed by atoms with Gasteiger partial charge in [0.25, 0.3) is 0 Å². The summed E-state index contributed by atoms with van der Waals surface area (Å²) >= 11 is 0. The van der Waals surface area contributed by atoms with Crippen molar-refractivity contribution >= 4 is 0 Å². The summed E-state index contributed by atoms with van der Waals surface area (Å²) in [6, 6.07) is 0.580. The van der Waals surface area contributed by atoms with Gasteiger partial charge in [-0.15, -0.1) is 0 Å². The SMILES string of the molecule is CN(C1CCCNC1)C(C)(C)CO. The molecule has 1 fully saturated rings. The lowest BCUT2D eigenvalue weighted by atomic mass is 9.98. The first-order chi connectivity index (χ1) is 6.08. The second-order valence-corrected chi connectivity index (χ2v) is 4.58. The molecule has 0 aliphatic carbocycles. The first kappa shape index (κ1) is 11.0. The summed E-state index contributed by atoms with van der Waals surface area (Å²) < 4.78 is 0. The topological polar surface area (TPSA) is 35.5 Å². The van der Waals surface area contributed by atoms with E-state index in [4.69, 9.17) is 0 Å². The van der Waals surface area contributed by atoms with Crippen LogP contribution in [-0.2, 0) is 0 Å². The maximum atomic E-state index is 9.23. The van der Waals surface area contributed by atoms with E-state index in [0.29, 0.717) is 6.04 Å². The van der Waals surface area contributed by atoms with Gasteiger partial charge in [0.15, 0.2) is 0 Å². The lowest BCUT2D eigenvalue weighted by molar-refractivity contribution is 0.0364. The Morgan fingerprint density at radius 3 is 2.69 bits per heavy atom. The van der Waals surface area contributed by atoms with Crippen LogP contribution in [0.1, 0.15) is 26.7 Å². The molecule has 78 valence electrons. The molecule has 3 heteroatoms. The van der Waals surface area contributed by atoms with Crippen molar-refractivity contribution < 1.29 is 5.11 Å². The van der Waals surface area contributed by atoms with Crippen LogP contribution in [0.25, 0.3) is 0 Å². The molecule has 0 saturated carbocycles. The molecule has 0 radical (unpaired) electrons. The van der Waals surface area contributed by atoms with E-state index in [0.717, 1.165) is 13.1 Å². The van der Waals surface area contributed by atoms with Gasteiger partial charge in [0.05, 0.1) is 6.61 Å². The van der Waals surface area contributed by atoms with Crippen LogP contribution in [0.2, 0.25) is 0 Å². The second-order valence-electron chi connectivity index (χ2n) is 4.58. The summed E-state index contributed by atoms with van der Waals surface area (Å²) in [5.41, 5.74) is -0.0936. The van der Waals surface area contributed by atoms with Gasteiger partial charge in [-0.05, 0) is 40.3 Å². The fourth-order valence-electron chi connectivity index (χ4n) is 1.77. The average molecular weight is 186 g/mol. The van der Waals surface area contributed by atoms with Crippen molar-refractivity contribution in [3.8, 4) is 0 Å². The molecule has 1 saturated heterocycles. The normalized spacial score (nSPS) is 25.2. The minimum Gasteiger partial charge on any atom is -0.394 e. The molecular weight excluding hydrogens is 164 g/mol. The molecule has 0 aromatic carbocycles. The lowest BCUT2D eigenvalue weighted by Gasteiger charge is -2.41. The molecule has 0 amide bonds. The van der Waals surface area contributed by atoms with Crippen molar-refractivity contribution in [2.24, 2.45) is 0 Å². The number of likely N-dealkylation sites (N-methyl/N-ethyl adjacent to an activating group) is 1.